The summed E-state index contributed by atoms with van der Waals surface area (Å²) in [5.74, 6) is 3.16. The lowest BCUT2D eigenvalue weighted by atomic mass is 10.1. The van der Waals surface area contributed by atoms with Gasteiger partial charge in [0.1, 0.15) is 28.8 Å². The first-order chi connectivity index (χ1) is 10.1. The molecule has 0 saturated carbocycles. The van der Waals surface area contributed by atoms with Gasteiger partial charge in [-0.25, -0.2) is 4.98 Å². The number of nitrogens with zero attached hydrogens (tertiary/aromatic N) is 2. The number of nitrogens with two attached hydrogens (primary N) is 1. The van der Waals surface area contributed by atoms with Gasteiger partial charge in [0.2, 0.25) is 0 Å². The minimum Gasteiger partial charge on any atom is -0.497 e. The van der Waals surface area contributed by atoms with Crippen molar-refractivity contribution >= 4 is 5.82 Å². The summed E-state index contributed by atoms with van der Waals surface area (Å²) >= 11 is 0. The average Bonchev–Trinajstić information content (AvgIpc) is 2.83. The summed E-state index contributed by atoms with van der Waals surface area (Å²) in [5.41, 5.74) is 8.00. The summed E-state index contributed by atoms with van der Waals surface area (Å²) in [7, 11) is 3.27. The standard InChI is InChI=1S/C16H23N3O2/c1-5-7-19-14(6-2)18-15(16(19)17)11-8-12(20-3)10-13(9-11)21-4/h8-10H,5-7,17H2,1-4H3. The highest BCUT2D eigenvalue weighted by atomic mass is 16.5. The van der Waals surface area contributed by atoms with Crippen molar-refractivity contribution in [2.45, 2.75) is 33.2 Å². The number of hydrogen-bond acceptors (Lipinski definition) is 4. The van der Waals surface area contributed by atoms with Crippen molar-refractivity contribution in [1.82, 2.24) is 9.55 Å². The summed E-state index contributed by atoms with van der Waals surface area (Å²) < 4.78 is 12.7. The number of rotatable bonds is 6. The van der Waals surface area contributed by atoms with Crippen LogP contribution in [0.25, 0.3) is 11.3 Å². The highest BCUT2D eigenvalue weighted by Crippen LogP contribution is 2.33. The predicted octanol–water partition coefficient (Wildman–Crippen LogP) is 3.12. The molecule has 0 bridgehead atoms. The van der Waals surface area contributed by atoms with Gasteiger partial charge in [0.15, 0.2) is 0 Å². The van der Waals surface area contributed by atoms with E-state index < -0.39 is 0 Å². The summed E-state index contributed by atoms with van der Waals surface area (Å²) in [6.07, 6.45) is 1.87. The molecule has 0 saturated heterocycles. The van der Waals surface area contributed by atoms with Gasteiger partial charge >= 0.3 is 0 Å². The molecule has 114 valence electrons. The molecule has 1 aromatic carbocycles. The molecule has 0 aliphatic carbocycles. The largest absolute Gasteiger partial charge is 0.497 e. The molecular formula is C16H23N3O2. The van der Waals surface area contributed by atoms with Gasteiger partial charge in [-0.2, -0.15) is 0 Å². The summed E-state index contributed by atoms with van der Waals surface area (Å²) in [4.78, 5) is 4.69. The van der Waals surface area contributed by atoms with Crippen LogP contribution in [0.15, 0.2) is 18.2 Å². The lowest BCUT2D eigenvalue weighted by Gasteiger charge is -2.09. The van der Waals surface area contributed by atoms with Crippen LogP contribution < -0.4 is 15.2 Å². The molecule has 5 nitrogen and oxygen atoms in total. The molecule has 0 aliphatic rings. The van der Waals surface area contributed by atoms with E-state index in [2.05, 4.69) is 18.4 Å². The zero-order valence-corrected chi connectivity index (χ0v) is 13.1. The second-order valence-corrected chi connectivity index (χ2v) is 4.87. The molecule has 21 heavy (non-hydrogen) atoms. The van der Waals surface area contributed by atoms with Gasteiger partial charge < -0.3 is 19.8 Å². The minimum absolute atomic E-state index is 0.698. The molecule has 5 heteroatoms. The van der Waals surface area contributed by atoms with E-state index in [4.69, 9.17) is 20.2 Å². The SMILES string of the molecule is CCCn1c(CC)nc(-c2cc(OC)cc(OC)c2)c1N. The molecule has 0 aliphatic heterocycles. The van der Waals surface area contributed by atoms with Crippen molar-refractivity contribution < 1.29 is 9.47 Å². The third kappa shape index (κ3) is 2.96. The molecule has 0 unspecified atom stereocenters. The Labute approximate surface area is 125 Å². The molecule has 1 aromatic heterocycles. The number of hydrogen-bond donors (Lipinski definition) is 1. The average molecular weight is 289 g/mol. The van der Waals surface area contributed by atoms with Crippen LogP contribution in [0.5, 0.6) is 11.5 Å². The van der Waals surface area contributed by atoms with Gasteiger partial charge in [0.25, 0.3) is 0 Å². The Kier molecular flexibility index (Phi) is 4.73. The van der Waals surface area contributed by atoms with E-state index in [1.165, 1.54) is 0 Å². The Hall–Kier alpha value is -2.17. The quantitative estimate of drug-likeness (QED) is 0.887. The van der Waals surface area contributed by atoms with E-state index in [9.17, 15) is 0 Å². The van der Waals surface area contributed by atoms with Crippen LogP contribution in [0, 0.1) is 0 Å². The number of benzene rings is 1. The lowest BCUT2D eigenvalue weighted by Crippen LogP contribution is -2.06. The highest BCUT2D eigenvalue weighted by molar-refractivity contribution is 5.73. The first kappa shape index (κ1) is 15.2. The maximum absolute atomic E-state index is 6.30. The fourth-order valence-corrected chi connectivity index (χ4v) is 2.41. The van der Waals surface area contributed by atoms with Crippen LogP contribution in [-0.2, 0) is 13.0 Å². The van der Waals surface area contributed by atoms with Crippen molar-refractivity contribution in [2.75, 3.05) is 20.0 Å². The zero-order chi connectivity index (χ0) is 15.4. The van der Waals surface area contributed by atoms with Gasteiger partial charge in [0, 0.05) is 24.6 Å². The van der Waals surface area contributed by atoms with Gasteiger partial charge in [0.05, 0.1) is 14.2 Å². The van der Waals surface area contributed by atoms with Crippen molar-refractivity contribution in [1.29, 1.82) is 0 Å². The maximum Gasteiger partial charge on any atom is 0.131 e. The monoisotopic (exact) mass is 289 g/mol. The number of aromatic nitrogens is 2. The van der Waals surface area contributed by atoms with Gasteiger partial charge in [-0.3, -0.25) is 0 Å². The number of anilines is 1. The summed E-state index contributed by atoms with van der Waals surface area (Å²) in [6, 6.07) is 5.69. The molecule has 0 amide bonds. The number of ether oxygens (including phenoxy) is 2. The van der Waals surface area contributed by atoms with Crippen LogP contribution in [0.4, 0.5) is 5.82 Å². The number of nitrogen functional groups attached to an aromatic ring is 1. The van der Waals surface area contributed by atoms with E-state index in [1.807, 2.05) is 18.2 Å². The van der Waals surface area contributed by atoms with E-state index in [0.29, 0.717) is 5.82 Å². The second-order valence-electron chi connectivity index (χ2n) is 4.87. The molecule has 2 rings (SSSR count). The Morgan fingerprint density at radius 3 is 2.19 bits per heavy atom. The van der Waals surface area contributed by atoms with E-state index >= 15 is 0 Å². The van der Waals surface area contributed by atoms with Crippen molar-refractivity contribution in [3.05, 3.63) is 24.0 Å². The number of imidazole rings is 1. The summed E-state index contributed by atoms with van der Waals surface area (Å²) in [5, 5.41) is 0. The fraction of sp³-hybridized carbons (Fsp3) is 0.438. The predicted molar refractivity (Wildman–Crippen MR) is 84.8 cm³/mol. The third-order valence-corrected chi connectivity index (χ3v) is 3.47. The summed E-state index contributed by atoms with van der Waals surface area (Å²) in [6.45, 7) is 5.10. The first-order valence-corrected chi connectivity index (χ1v) is 7.22. The van der Waals surface area contributed by atoms with E-state index in [0.717, 1.165) is 48.0 Å². The molecule has 0 fully saturated rings. The van der Waals surface area contributed by atoms with Crippen LogP contribution >= 0.6 is 0 Å². The van der Waals surface area contributed by atoms with Crippen LogP contribution in [0.2, 0.25) is 0 Å². The molecule has 0 atom stereocenters. The van der Waals surface area contributed by atoms with E-state index in [-0.39, 0.29) is 0 Å². The highest BCUT2D eigenvalue weighted by Gasteiger charge is 2.16. The Balaban J connectivity index is 2.55. The number of methoxy groups -OCH3 is 2. The van der Waals surface area contributed by atoms with Crippen LogP contribution in [-0.4, -0.2) is 23.8 Å². The molecule has 2 aromatic rings. The Morgan fingerprint density at radius 2 is 1.71 bits per heavy atom. The van der Waals surface area contributed by atoms with Gasteiger partial charge in [-0.1, -0.05) is 13.8 Å². The van der Waals surface area contributed by atoms with Crippen LogP contribution in [0.3, 0.4) is 0 Å². The van der Waals surface area contributed by atoms with E-state index in [1.54, 1.807) is 14.2 Å². The molecular weight excluding hydrogens is 266 g/mol. The molecule has 0 spiro atoms. The zero-order valence-electron chi connectivity index (χ0n) is 13.1. The second kappa shape index (κ2) is 6.52. The maximum atomic E-state index is 6.30. The normalized spacial score (nSPS) is 10.7. The third-order valence-electron chi connectivity index (χ3n) is 3.47. The molecule has 1 heterocycles. The fourth-order valence-electron chi connectivity index (χ4n) is 2.41. The first-order valence-electron chi connectivity index (χ1n) is 7.22. The van der Waals surface area contributed by atoms with Crippen LogP contribution in [0.1, 0.15) is 26.1 Å². The van der Waals surface area contributed by atoms with Gasteiger partial charge in [-0.05, 0) is 18.6 Å². The minimum atomic E-state index is 0.698. The lowest BCUT2D eigenvalue weighted by molar-refractivity contribution is 0.394. The topological polar surface area (TPSA) is 62.3 Å². The smallest absolute Gasteiger partial charge is 0.131 e. The Morgan fingerprint density at radius 1 is 1.10 bits per heavy atom. The van der Waals surface area contributed by atoms with Gasteiger partial charge in [-0.15, -0.1) is 0 Å². The van der Waals surface area contributed by atoms with Crippen molar-refractivity contribution in [3.63, 3.8) is 0 Å². The number of aryl methyl sites for hydroxylation is 1. The molecule has 0 radical (unpaired) electrons. The molecule has 2 N–H and O–H groups in total. The van der Waals surface area contributed by atoms with Crippen molar-refractivity contribution in [2.24, 2.45) is 0 Å². The Bertz CT molecular complexity index is 598. The van der Waals surface area contributed by atoms with Crippen molar-refractivity contribution in [3.8, 4) is 22.8 Å².